The van der Waals surface area contributed by atoms with Crippen LogP contribution < -0.4 is 15.5 Å². The average molecular weight is 372 g/mol. The number of carbonyl (C=O) groups is 2. The first kappa shape index (κ1) is 18.3. The average Bonchev–Trinajstić information content (AvgIpc) is 2.76. The first-order chi connectivity index (χ1) is 12.2. The number of halogens is 1. The lowest BCUT2D eigenvalue weighted by atomic mass is 9.89. The highest BCUT2D eigenvalue weighted by Gasteiger charge is 2.30. The highest BCUT2D eigenvalue weighted by atomic mass is 35.5. The Bertz CT molecular complexity index is 849. The first-order valence-corrected chi connectivity index (χ1v) is 8.73. The Morgan fingerprint density at radius 2 is 1.73 bits per heavy atom. The van der Waals surface area contributed by atoms with Crippen LogP contribution in [-0.4, -0.2) is 18.9 Å². The van der Waals surface area contributed by atoms with Crippen molar-refractivity contribution in [1.29, 1.82) is 0 Å². The normalized spacial score (nSPS) is 16.0. The molecular weight excluding hydrogens is 350 g/mol. The number of hydrogen-bond acceptors (Lipinski definition) is 3. The molecule has 0 saturated heterocycles. The summed E-state index contributed by atoms with van der Waals surface area (Å²) >= 11 is 0. The van der Waals surface area contributed by atoms with Gasteiger partial charge in [-0.3, -0.25) is 14.5 Å². The van der Waals surface area contributed by atoms with E-state index in [2.05, 4.69) is 16.7 Å². The summed E-state index contributed by atoms with van der Waals surface area (Å²) in [6.45, 7) is 0. The number of carbonyl (C=O) groups excluding carboxylic acids is 2. The van der Waals surface area contributed by atoms with Crippen LogP contribution in [0.5, 0.6) is 0 Å². The summed E-state index contributed by atoms with van der Waals surface area (Å²) in [6.07, 6.45) is 4.12. The Morgan fingerprint density at radius 1 is 1.00 bits per heavy atom. The van der Waals surface area contributed by atoms with Crippen molar-refractivity contribution in [2.75, 3.05) is 22.6 Å². The molecule has 0 atom stereocenters. The quantitative estimate of drug-likeness (QED) is 0.783. The van der Waals surface area contributed by atoms with E-state index >= 15 is 0 Å². The van der Waals surface area contributed by atoms with Crippen molar-refractivity contribution in [3.05, 3.63) is 47.5 Å². The number of nitrogens with zero attached hydrogens (tertiary/aromatic N) is 1. The molecule has 2 N–H and O–H groups in total. The Morgan fingerprint density at radius 3 is 2.46 bits per heavy atom. The van der Waals surface area contributed by atoms with E-state index in [1.54, 1.807) is 4.90 Å². The van der Waals surface area contributed by atoms with Gasteiger partial charge in [0.1, 0.15) is 6.42 Å². The fourth-order valence-corrected chi connectivity index (χ4v) is 3.74. The minimum atomic E-state index is -0.237. The molecule has 0 unspecified atom stereocenters. The van der Waals surface area contributed by atoms with Crippen molar-refractivity contribution >= 4 is 47.0 Å². The van der Waals surface area contributed by atoms with E-state index in [0.717, 1.165) is 42.0 Å². The van der Waals surface area contributed by atoms with Crippen molar-refractivity contribution in [2.24, 2.45) is 0 Å². The lowest BCUT2D eigenvalue weighted by Crippen LogP contribution is -2.26. The van der Waals surface area contributed by atoms with E-state index in [1.807, 2.05) is 37.4 Å². The van der Waals surface area contributed by atoms with E-state index < -0.39 is 0 Å². The predicted octanol–water partition coefficient (Wildman–Crippen LogP) is 4.04. The maximum absolute atomic E-state index is 12.8. The number of amides is 2. The molecule has 0 aromatic heterocycles. The smallest absolute Gasteiger partial charge is 0.241 e. The van der Waals surface area contributed by atoms with Gasteiger partial charge in [-0.2, -0.15) is 0 Å². The molecule has 0 radical (unpaired) electrons. The van der Waals surface area contributed by atoms with Crippen molar-refractivity contribution in [3.8, 4) is 0 Å². The van der Waals surface area contributed by atoms with Gasteiger partial charge in [-0.25, -0.2) is 0 Å². The van der Waals surface area contributed by atoms with Crippen LogP contribution in [-0.2, 0) is 22.4 Å². The fourth-order valence-electron chi connectivity index (χ4n) is 3.74. The number of aryl methyl sites for hydroxylation is 1. The summed E-state index contributed by atoms with van der Waals surface area (Å²) in [7, 11) is 1.86. The summed E-state index contributed by atoms with van der Waals surface area (Å²) in [4.78, 5) is 26.7. The number of anilines is 4. The molecule has 26 heavy (non-hydrogen) atoms. The van der Waals surface area contributed by atoms with E-state index in [9.17, 15) is 9.59 Å². The summed E-state index contributed by atoms with van der Waals surface area (Å²) < 4.78 is 0. The van der Waals surface area contributed by atoms with Gasteiger partial charge >= 0.3 is 0 Å². The SMILES string of the molecule is CNc1ccc(N2C(=O)CC(=O)Nc3c2ccc2c3CCCC2)cc1.Cl. The third-order valence-corrected chi connectivity index (χ3v) is 4.99. The van der Waals surface area contributed by atoms with E-state index in [1.165, 1.54) is 17.5 Å². The second-order valence-electron chi connectivity index (χ2n) is 6.56. The molecule has 5 nitrogen and oxygen atoms in total. The Kier molecular flexibility index (Phi) is 5.18. The monoisotopic (exact) mass is 371 g/mol. The molecule has 136 valence electrons. The maximum Gasteiger partial charge on any atom is 0.241 e. The van der Waals surface area contributed by atoms with Gasteiger partial charge in [0.15, 0.2) is 0 Å². The zero-order valence-electron chi connectivity index (χ0n) is 14.7. The van der Waals surface area contributed by atoms with E-state index in [4.69, 9.17) is 0 Å². The second kappa shape index (κ2) is 7.38. The number of nitrogens with one attached hydrogen (secondary N) is 2. The number of fused-ring (bicyclic) bond motifs is 3. The van der Waals surface area contributed by atoms with Gasteiger partial charge < -0.3 is 10.6 Å². The van der Waals surface area contributed by atoms with Crippen LogP contribution in [0.25, 0.3) is 0 Å². The van der Waals surface area contributed by atoms with Gasteiger partial charge in [-0.1, -0.05) is 6.07 Å². The number of benzene rings is 2. The molecule has 2 aromatic carbocycles. The molecule has 1 aliphatic heterocycles. The van der Waals surface area contributed by atoms with Crippen LogP contribution in [0.3, 0.4) is 0 Å². The summed E-state index contributed by atoms with van der Waals surface area (Å²) in [5.74, 6) is -0.441. The highest BCUT2D eigenvalue weighted by Crippen LogP contribution is 2.41. The topological polar surface area (TPSA) is 61.4 Å². The molecule has 1 heterocycles. The predicted molar refractivity (Wildman–Crippen MR) is 107 cm³/mol. The molecule has 4 rings (SSSR count). The van der Waals surface area contributed by atoms with Crippen LogP contribution in [0.2, 0.25) is 0 Å². The van der Waals surface area contributed by atoms with Crippen LogP contribution in [0.1, 0.15) is 30.4 Å². The summed E-state index contributed by atoms with van der Waals surface area (Å²) in [5.41, 5.74) is 5.80. The third kappa shape index (κ3) is 3.15. The molecule has 0 spiro atoms. The van der Waals surface area contributed by atoms with E-state index in [0.29, 0.717) is 0 Å². The largest absolute Gasteiger partial charge is 0.388 e. The molecular formula is C20H22ClN3O2. The van der Waals surface area contributed by atoms with Crippen molar-refractivity contribution in [3.63, 3.8) is 0 Å². The molecule has 0 saturated carbocycles. The number of hydrogen-bond donors (Lipinski definition) is 2. The zero-order chi connectivity index (χ0) is 17.4. The van der Waals surface area contributed by atoms with Crippen molar-refractivity contribution in [1.82, 2.24) is 0 Å². The van der Waals surface area contributed by atoms with Crippen LogP contribution in [0, 0.1) is 0 Å². The molecule has 2 amide bonds. The third-order valence-electron chi connectivity index (χ3n) is 4.99. The first-order valence-electron chi connectivity index (χ1n) is 8.73. The highest BCUT2D eigenvalue weighted by molar-refractivity contribution is 6.17. The zero-order valence-corrected chi connectivity index (χ0v) is 15.5. The Hall–Kier alpha value is -2.53. The molecule has 0 bridgehead atoms. The minimum absolute atomic E-state index is 0. The molecule has 2 aliphatic rings. The number of rotatable bonds is 2. The second-order valence-corrected chi connectivity index (χ2v) is 6.56. The van der Waals surface area contributed by atoms with Gasteiger partial charge in [0, 0.05) is 18.4 Å². The standard InChI is InChI=1S/C20H21N3O2.ClH/c1-21-14-7-9-15(10-8-14)23-17-11-6-13-4-2-3-5-16(13)20(17)22-18(24)12-19(23)25;/h6-11,21H,2-5,12H2,1H3,(H,22,24);1H. The van der Waals surface area contributed by atoms with Gasteiger partial charge in [0.2, 0.25) is 11.8 Å². The van der Waals surface area contributed by atoms with Gasteiger partial charge in [0.05, 0.1) is 11.4 Å². The lowest BCUT2D eigenvalue weighted by Gasteiger charge is -2.26. The molecule has 6 heteroatoms. The van der Waals surface area contributed by atoms with Crippen LogP contribution in [0.4, 0.5) is 22.7 Å². The Balaban J connectivity index is 0.00000196. The van der Waals surface area contributed by atoms with Gasteiger partial charge in [-0.05, 0) is 67.1 Å². The fraction of sp³-hybridized carbons (Fsp3) is 0.300. The molecule has 0 fully saturated rings. The minimum Gasteiger partial charge on any atom is -0.388 e. The van der Waals surface area contributed by atoms with Gasteiger partial charge in [-0.15, -0.1) is 12.4 Å². The summed E-state index contributed by atoms with van der Waals surface area (Å²) in [5, 5.41) is 6.07. The Labute approximate surface area is 159 Å². The van der Waals surface area contributed by atoms with Crippen LogP contribution >= 0.6 is 12.4 Å². The molecule has 2 aromatic rings. The van der Waals surface area contributed by atoms with Crippen molar-refractivity contribution < 1.29 is 9.59 Å². The molecule has 1 aliphatic carbocycles. The lowest BCUT2D eigenvalue weighted by molar-refractivity contribution is -0.124. The van der Waals surface area contributed by atoms with Crippen molar-refractivity contribution in [2.45, 2.75) is 32.1 Å². The maximum atomic E-state index is 12.8. The van der Waals surface area contributed by atoms with Crippen LogP contribution in [0.15, 0.2) is 36.4 Å². The van der Waals surface area contributed by atoms with E-state index in [-0.39, 0.29) is 30.6 Å². The summed E-state index contributed by atoms with van der Waals surface area (Å²) in [6, 6.07) is 11.7. The van der Waals surface area contributed by atoms with Gasteiger partial charge in [0.25, 0.3) is 0 Å².